The van der Waals surface area contributed by atoms with E-state index in [2.05, 4.69) is 16.0 Å². The third kappa shape index (κ3) is 10.9. The van der Waals surface area contributed by atoms with Gasteiger partial charge >= 0.3 is 11.9 Å². The number of carbonyl (C=O) groups excluding carboxylic acids is 6. The van der Waals surface area contributed by atoms with E-state index < -0.39 is 59.5 Å². The summed E-state index contributed by atoms with van der Waals surface area (Å²) in [5, 5.41) is 16.8. The van der Waals surface area contributed by atoms with E-state index in [1.165, 1.54) is 6.92 Å². The number of benzene rings is 1. The Kier molecular flexibility index (Phi) is 12.8. The highest BCUT2D eigenvalue weighted by Gasteiger charge is 2.30. The summed E-state index contributed by atoms with van der Waals surface area (Å²) >= 11 is 0. The lowest BCUT2D eigenvalue weighted by atomic mass is 9.97. The summed E-state index contributed by atoms with van der Waals surface area (Å²) in [5.74, 6) is -4.74. The van der Waals surface area contributed by atoms with Crippen molar-refractivity contribution in [2.75, 3.05) is 11.9 Å². The zero-order valence-electron chi connectivity index (χ0n) is 26.0. The van der Waals surface area contributed by atoms with Gasteiger partial charge in [-0.25, -0.2) is 0 Å². The van der Waals surface area contributed by atoms with E-state index in [1.807, 2.05) is 0 Å². The van der Waals surface area contributed by atoms with Crippen LogP contribution in [0.5, 0.6) is 0 Å². The summed E-state index contributed by atoms with van der Waals surface area (Å²) < 4.78 is 5.46. The SMILES string of the molecule is CC(C)C(NC(=O)CN1C(=O)C=CC1=O)C(=O)N[C@@H](C)C(=O)Nc1ccc(COC(=O)C(C)(C)C)c(CCCCC(=O)O)c1. The van der Waals surface area contributed by atoms with Crippen LogP contribution in [-0.2, 0) is 51.3 Å². The summed E-state index contributed by atoms with van der Waals surface area (Å²) in [6.45, 7) is 9.58. The van der Waals surface area contributed by atoms with Crippen LogP contribution in [0.3, 0.4) is 0 Å². The van der Waals surface area contributed by atoms with Gasteiger partial charge in [-0.3, -0.25) is 38.5 Å². The van der Waals surface area contributed by atoms with Crippen molar-refractivity contribution in [3.05, 3.63) is 41.5 Å². The van der Waals surface area contributed by atoms with Gasteiger partial charge in [0.25, 0.3) is 11.8 Å². The normalized spacial score (nSPS) is 14.3. The molecular formula is C31H42N4O9. The lowest BCUT2D eigenvalue weighted by Gasteiger charge is -2.24. The molecule has 2 atom stereocenters. The van der Waals surface area contributed by atoms with Gasteiger partial charge in [-0.15, -0.1) is 0 Å². The maximum absolute atomic E-state index is 13.0. The monoisotopic (exact) mass is 614 g/mol. The first kappa shape index (κ1) is 35.6. The molecule has 13 nitrogen and oxygen atoms in total. The number of hydrogen-bond acceptors (Lipinski definition) is 8. The maximum atomic E-state index is 13.0. The predicted molar refractivity (Wildman–Crippen MR) is 160 cm³/mol. The molecule has 1 heterocycles. The summed E-state index contributed by atoms with van der Waals surface area (Å²) in [7, 11) is 0. The zero-order valence-corrected chi connectivity index (χ0v) is 26.0. The number of nitrogens with one attached hydrogen (secondary N) is 3. The lowest BCUT2D eigenvalue weighted by Crippen LogP contribution is -2.55. The quantitative estimate of drug-likeness (QED) is 0.130. The molecule has 2 rings (SSSR count). The summed E-state index contributed by atoms with van der Waals surface area (Å²) in [6, 6.07) is 3.04. The van der Waals surface area contributed by atoms with Crippen molar-refractivity contribution in [1.82, 2.24) is 15.5 Å². The number of nitrogens with zero attached hydrogens (tertiary/aromatic N) is 1. The number of imide groups is 1. The molecule has 0 saturated heterocycles. The van der Waals surface area contributed by atoms with E-state index in [4.69, 9.17) is 9.84 Å². The number of aryl methyl sites for hydroxylation is 1. The van der Waals surface area contributed by atoms with Crippen LogP contribution in [0.1, 0.15) is 71.9 Å². The molecule has 0 saturated carbocycles. The van der Waals surface area contributed by atoms with Crippen molar-refractivity contribution in [3.63, 3.8) is 0 Å². The van der Waals surface area contributed by atoms with E-state index in [1.54, 1.807) is 52.8 Å². The van der Waals surface area contributed by atoms with E-state index in [0.717, 1.165) is 28.2 Å². The standard InChI is InChI=1S/C31H42N4O9/c1-18(2)27(34-23(36)16-35-24(37)13-14-25(35)38)29(42)32-19(3)28(41)33-22-12-11-21(17-44-30(43)31(4,5)6)20(15-22)9-7-8-10-26(39)40/h11-15,18-19,27H,7-10,16-17H2,1-6H3,(H,32,42)(H,33,41)(H,34,36)(H,39,40)/t19-,27?/m0/s1. The Balaban J connectivity index is 2.06. The molecule has 13 heteroatoms. The molecular weight excluding hydrogens is 572 g/mol. The average molecular weight is 615 g/mol. The highest BCUT2D eigenvalue weighted by atomic mass is 16.5. The second-order valence-corrected chi connectivity index (χ2v) is 12.0. The van der Waals surface area contributed by atoms with Crippen LogP contribution in [0.15, 0.2) is 30.4 Å². The smallest absolute Gasteiger partial charge is 0.311 e. The molecule has 1 aromatic rings. The number of hydrogen-bond donors (Lipinski definition) is 4. The van der Waals surface area contributed by atoms with Crippen molar-refractivity contribution in [1.29, 1.82) is 0 Å². The maximum Gasteiger partial charge on any atom is 0.311 e. The number of esters is 1. The molecule has 44 heavy (non-hydrogen) atoms. The van der Waals surface area contributed by atoms with Gasteiger partial charge in [0.05, 0.1) is 5.41 Å². The van der Waals surface area contributed by atoms with E-state index in [9.17, 15) is 33.6 Å². The molecule has 0 aromatic heterocycles. The third-order valence-corrected chi connectivity index (χ3v) is 6.75. The fourth-order valence-corrected chi connectivity index (χ4v) is 4.13. The molecule has 1 aliphatic heterocycles. The number of carboxylic acids is 1. The molecule has 0 spiro atoms. The fraction of sp³-hybridized carbons (Fsp3) is 0.516. The minimum absolute atomic E-state index is 0.0178. The van der Waals surface area contributed by atoms with Gasteiger partial charge in [0.1, 0.15) is 25.2 Å². The summed E-state index contributed by atoms with van der Waals surface area (Å²) in [5.41, 5.74) is 1.24. The first-order valence-corrected chi connectivity index (χ1v) is 14.4. The van der Waals surface area contributed by atoms with Crippen molar-refractivity contribution in [2.24, 2.45) is 11.3 Å². The molecule has 1 unspecified atom stereocenters. The number of aliphatic carboxylic acids is 1. The first-order valence-electron chi connectivity index (χ1n) is 14.4. The first-order chi connectivity index (χ1) is 20.5. The van der Waals surface area contributed by atoms with Gasteiger partial charge in [-0.1, -0.05) is 19.9 Å². The lowest BCUT2D eigenvalue weighted by molar-refractivity contribution is -0.154. The van der Waals surface area contributed by atoms with Crippen molar-refractivity contribution in [2.45, 2.75) is 85.9 Å². The van der Waals surface area contributed by atoms with Crippen molar-refractivity contribution < 1.29 is 43.4 Å². The highest BCUT2D eigenvalue weighted by Crippen LogP contribution is 2.22. The second-order valence-electron chi connectivity index (χ2n) is 12.0. The Morgan fingerprint density at radius 1 is 0.909 bits per heavy atom. The number of unbranched alkanes of at least 4 members (excludes halogenated alkanes) is 1. The van der Waals surface area contributed by atoms with E-state index in [-0.39, 0.29) is 24.9 Å². The van der Waals surface area contributed by atoms with Crippen LogP contribution in [-0.4, -0.2) is 70.1 Å². The Bertz CT molecular complexity index is 1300. The van der Waals surface area contributed by atoms with Crippen LogP contribution in [0.25, 0.3) is 0 Å². The molecule has 0 aliphatic carbocycles. The van der Waals surface area contributed by atoms with Gasteiger partial charge in [0, 0.05) is 24.3 Å². The number of carboxylic acid groups (broad SMARTS) is 1. The number of anilines is 1. The number of amides is 5. The number of carbonyl (C=O) groups is 7. The van der Waals surface area contributed by atoms with Crippen LogP contribution in [0.2, 0.25) is 0 Å². The third-order valence-electron chi connectivity index (χ3n) is 6.75. The molecule has 0 fully saturated rings. The Morgan fingerprint density at radius 2 is 1.55 bits per heavy atom. The minimum Gasteiger partial charge on any atom is -0.481 e. The molecule has 4 N–H and O–H groups in total. The predicted octanol–water partition coefficient (Wildman–Crippen LogP) is 2.08. The molecule has 5 amide bonds. The van der Waals surface area contributed by atoms with Crippen LogP contribution < -0.4 is 16.0 Å². The number of ether oxygens (including phenoxy) is 1. The van der Waals surface area contributed by atoms with Crippen molar-refractivity contribution >= 4 is 47.2 Å². The molecule has 240 valence electrons. The van der Waals surface area contributed by atoms with E-state index in [0.29, 0.717) is 24.9 Å². The molecule has 0 bridgehead atoms. The van der Waals surface area contributed by atoms with E-state index >= 15 is 0 Å². The van der Waals surface area contributed by atoms with Gasteiger partial charge in [0.15, 0.2) is 0 Å². The molecule has 1 aromatic carbocycles. The van der Waals surface area contributed by atoms with Crippen LogP contribution in [0, 0.1) is 11.3 Å². The second kappa shape index (κ2) is 15.8. The topological polar surface area (TPSA) is 188 Å². The summed E-state index contributed by atoms with van der Waals surface area (Å²) in [6.07, 6.45) is 3.64. The average Bonchev–Trinajstić information content (AvgIpc) is 3.24. The fourth-order valence-electron chi connectivity index (χ4n) is 4.13. The van der Waals surface area contributed by atoms with Crippen LogP contribution in [0.4, 0.5) is 5.69 Å². The Labute approximate surface area is 256 Å². The molecule has 0 radical (unpaired) electrons. The Morgan fingerprint density at radius 3 is 2.11 bits per heavy atom. The zero-order chi connectivity index (χ0) is 33.2. The van der Waals surface area contributed by atoms with Gasteiger partial charge in [-0.2, -0.15) is 0 Å². The minimum atomic E-state index is -1.04. The van der Waals surface area contributed by atoms with Gasteiger partial charge in [-0.05, 0) is 76.1 Å². The number of rotatable bonds is 15. The van der Waals surface area contributed by atoms with Crippen molar-refractivity contribution in [3.8, 4) is 0 Å². The van der Waals surface area contributed by atoms with Gasteiger partial charge in [0.2, 0.25) is 17.7 Å². The van der Waals surface area contributed by atoms with Crippen LogP contribution >= 0.6 is 0 Å². The van der Waals surface area contributed by atoms with Gasteiger partial charge < -0.3 is 25.8 Å². The summed E-state index contributed by atoms with van der Waals surface area (Å²) in [4.78, 5) is 85.9. The largest absolute Gasteiger partial charge is 0.481 e. The highest BCUT2D eigenvalue weighted by molar-refractivity contribution is 6.14. The Hall–Kier alpha value is -4.55. The molecule has 1 aliphatic rings.